The SMILES string of the molecule is CC(=O)c1ccc(C(=O)N2C[C@H]3C[C@@H](C2)[C@H](CO)N2C(=O)CCC[C@@H]32)s1. The Bertz CT molecular complexity index is 732. The zero-order chi connectivity index (χ0) is 18.4. The average molecular weight is 376 g/mol. The van der Waals surface area contributed by atoms with Gasteiger partial charge < -0.3 is 14.9 Å². The van der Waals surface area contributed by atoms with Crippen molar-refractivity contribution < 1.29 is 19.5 Å². The van der Waals surface area contributed by atoms with Crippen LogP contribution in [0.1, 0.15) is 52.0 Å². The highest BCUT2D eigenvalue weighted by Crippen LogP contribution is 2.41. The van der Waals surface area contributed by atoms with Gasteiger partial charge in [-0.25, -0.2) is 0 Å². The van der Waals surface area contributed by atoms with Crippen LogP contribution in [0.5, 0.6) is 0 Å². The summed E-state index contributed by atoms with van der Waals surface area (Å²) in [5.41, 5.74) is 0. The zero-order valence-corrected chi connectivity index (χ0v) is 15.7. The Morgan fingerprint density at radius 1 is 1.23 bits per heavy atom. The Labute approximate surface area is 156 Å². The minimum absolute atomic E-state index is 0.0266. The number of likely N-dealkylation sites (tertiary alicyclic amines) is 1. The fraction of sp³-hybridized carbons (Fsp3) is 0.632. The molecule has 2 amide bonds. The third kappa shape index (κ3) is 2.87. The van der Waals surface area contributed by atoms with Crippen LogP contribution in [0, 0.1) is 11.8 Å². The monoisotopic (exact) mass is 376 g/mol. The quantitative estimate of drug-likeness (QED) is 0.816. The van der Waals surface area contributed by atoms with E-state index >= 15 is 0 Å². The van der Waals surface area contributed by atoms with Gasteiger partial charge in [0.05, 0.1) is 22.4 Å². The van der Waals surface area contributed by atoms with E-state index < -0.39 is 0 Å². The molecule has 4 heterocycles. The molecule has 1 aromatic rings. The fourth-order valence-corrected chi connectivity index (χ4v) is 5.84. The molecule has 4 atom stereocenters. The molecule has 0 spiro atoms. The van der Waals surface area contributed by atoms with Crippen LogP contribution in [0.25, 0.3) is 0 Å². The second-order valence-electron chi connectivity index (χ2n) is 7.70. The molecule has 2 bridgehead atoms. The number of carbonyl (C=O) groups excluding carboxylic acids is 3. The summed E-state index contributed by atoms with van der Waals surface area (Å²) in [5, 5.41) is 9.93. The molecule has 140 valence electrons. The standard InChI is InChI=1S/C19H24N2O4S/c1-11(23)16-5-6-17(26-16)19(25)20-8-12-7-13(9-20)15(10-22)21-14(12)3-2-4-18(21)24/h5-6,12-15,22H,2-4,7-10H2,1H3/t12-,13+,14+,15+/m1/s1. The van der Waals surface area contributed by atoms with Crippen LogP contribution < -0.4 is 0 Å². The Morgan fingerprint density at radius 2 is 1.96 bits per heavy atom. The summed E-state index contributed by atoms with van der Waals surface area (Å²) in [4.78, 5) is 41.9. The van der Waals surface area contributed by atoms with Crippen molar-refractivity contribution in [2.24, 2.45) is 11.8 Å². The molecule has 0 aromatic carbocycles. The lowest BCUT2D eigenvalue weighted by molar-refractivity contribution is -0.154. The summed E-state index contributed by atoms with van der Waals surface area (Å²) in [5.74, 6) is 0.482. The van der Waals surface area contributed by atoms with E-state index in [2.05, 4.69) is 0 Å². The van der Waals surface area contributed by atoms with Crippen LogP contribution in [0.2, 0.25) is 0 Å². The van der Waals surface area contributed by atoms with E-state index in [0.29, 0.717) is 29.3 Å². The third-order valence-corrected chi connectivity index (χ3v) is 7.31. The summed E-state index contributed by atoms with van der Waals surface area (Å²) < 4.78 is 0. The number of fused-ring (bicyclic) bond motifs is 4. The van der Waals surface area contributed by atoms with Gasteiger partial charge in [0.1, 0.15) is 0 Å². The van der Waals surface area contributed by atoms with E-state index in [-0.39, 0.29) is 48.1 Å². The number of aliphatic hydroxyl groups excluding tert-OH is 1. The molecule has 0 saturated carbocycles. The number of piperidine rings is 3. The van der Waals surface area contributed by atoms with Gasteiger partial charge in [0.2, 0.25) is 5.91 Å². The Morgan fingerprint density at radius 3 is 2.65 bits per heavy atom. The average Bonchev–Trinajstić information content (AvgIpc) is 3.12. The number of amides is 2. The number of rotatable bonds is 3. The molecule has 1 aromatic heterocycles. The highest BCUT2D eigenvalue weighted by Gasteiger charge is 2.49. The summed E-state index contributed by atoms with van der Waals surface area (Å²) in [6, 6.07) is 3.39. The van der Waals surface area contributed by atoms with Crippen LogP contribution in [-0.4, -0.2) is 64.3 Å². The second-order valence-corrected chi connectivity index (χ2v) is 8.78. The Hall–Kier alpha value is -1.73. The minimum Gasteiger partial charge on any atom is -0.394 e. The van der Waals surface area contributed by atoms with Gasteiger partial charge in [-0.3, -0.25) is 14.4 Å². The van der Waals surface area contributed by atoms with E-state index in [9.17, 15) is 19.5 Å². The Kier molecular flexibility index (Phi) is 4.61. The summed E-state index contributed by atoms with van der Waals surface area (Å²) in [6.07, 6.45) is 3.37. The van der Waals surface area contributed by atoms with Crippen LogP contribution in [0.15, 0.2) is 12.1 Å². The molecule has 0 aliphatic carbocycles. The summed E-state index contributed by atoms with van der Waals surface area (Å²) in [7, 11) is 0. The van der Waals surface area contributed by atoms with Crippen molar-refractivity contribution in [2.75, 3.05) is 19.7 Å². The van der Waals surface area contributed by atoms with Crippen LogP contribution in [-0.2, 0) is 4.79 Å². The predicted molar refractivity (Wildman–Crippen MR) is 97.2 cm³/mol. The molecule has 3 saturated heterocycles. The van der Waals surface area contributed by atoms with Crippen molar-refractivity contribution >= 4 is 28.9 Å². The molecule has 3 aliphatic rings. The van der Waals surface area contributed by atoms with Gasteiger partial charge in [-0.15, -0.1) is 11.3 Å². The summed E-state index contributed by atoms with van der Waals surface area (Å²) >= 11 is 1.25. The molecule has 4 rings (SSSR count). The van der Waals surface area contributed by atoms with Gasteiger partial charge in [-0.2, -0.15) is 0 Å². The number of aliphatic hydroxyl groups is 1. The van der Waals surface area contributed by atoms with E-state index in [1.807, 2.05) is 9.80 Å². The molecule has 3 aliphatic heterocycles. The molecule has 0 unspecified atom stereocenters. The zero-order valence-electron chi connectivity index (χ0n) is 14.9. The lowest BCUT2D eigenvalue weighted by Gasteiger charge is -2.56. The third-order valence-electron chi connectivity index (χ3n) is 6.13. The molecule has 1 N–H and O–H groups in total. The molecular formula is C19H24N2O4S. The molecule has 7 heteroatoms. The van der Waals surface area contributed by atoms with E-state index in [1.54, 1.807) is 12.1 Å². The molecule has 26 heavy (non-hydrogen) atoms. The normalized spacial score (nSPS) is 30.9. The first-order valence-corrected chi connectivity index (χ1v) is 10.1. The lowest BCUT2D eigenvalue weighted by atomic mass is 9.72. The number of hydrogen-bond acceptors (Lipinski definition) is 5. The molecular weight excluding hydrogens is 352 g/mol. The molecule has 0 radical (unpaired) electrons. The number of Topliss-reactive ketones (excluding diaryl/α,β-unsaturated/α-hetero) is 1. The van der Waals surface area contributed by atoms with Gasteiger partial charge in [0.15, 0.2) is 5.78 Å². The highest BCUT2D eigenvalue weighted by atomic mass is 32.1. The van der Waals surface area contributed by atoms with Gasteiger partial charge in [0.25, 0.3) is 5.91 Å². The lowest BCUT2D eigenvalue weighted by Crippen LogP contribution is -2.66. The smallest absolute Gasteiger partial charge is 0.263 e. The van der Waals surface area contributed by atoms with Gasteiger partial charge in [-0.05, 0) is 50.2 Å². The number of carbonyl (C=O) groups is 3. The number of thiophene rings is 1. The molecule has 6 nitrogen and oxygen atoms in total. The molecule has 3 fully saturated rings. The topological polar surface area (TPSA) is 77.9 Å². The first-order chi connectivity index (χ1) is 12.5. The maximum atomic E-state index is 13.0. The largest absolute Gasteiger partial charge is 0.394 e. The number of hydrogen-bond donors (Lipinski definition) is 1. The second kappa shape index (κ2) is 6.78. The van der Waals surface area contributed by atoms with Crippen LogP contribution >= 0.6 is 11.3 Å². The van der Waals surface area contributed by atoms with Crippen molar-refractivity contribution in [3.63, 3.8) is 0 Å². The van der Waals surface area contributed by atoms with Crippen molar-refractivity contribution in [3.8, 4) is 0 Å². The van der Waals surface area contributed by atoms with E-state index in [0.717, 1.165) is 19.3 Å². The van der Waals surface area contributed by atoms with Crippen LogP contribution in [0.3, 0.4) is 0 Å². The van der Waals surface area contributed by atoms with Gasteiger partial charge in [0, 0.05) is 25.6 Å². The van der Waals surface area contributed by atoms with Gasteiger partial charge >= 0.3 is 0 Å². The van der Waals surface area contributed by atoms with Crippen molar-refractivity contribution in [1.29, 1.82) is 0 Å². The first-order valence-electron chi connectivity index (χ1n) is 9.31. The minimum atomic E-state index is -0.184. The van der Waals surface area contributed by atoms with Crippen molar-refractivity contribution in [3.05, 3.63) is 21.9 Å². The maximum absolute atomic E-state index is 13.0. The summed E-state index contributed by atoms with van der Waals surface area (Å²) in [6.45, 7) is 2.67. The number of nitrogens with zero attached hydrogens (tertiary/aromatic N) is 2. The van der Waals surface area contributed by atoms with Crippen LogP contribution in [0.4, 0.5) is 0 Å². The predicted octanol–water partition coefficient (Wildman–Crippen LogP) is 1.78. The van der Waals surface area contributed by atoms with Crippen molar-refractivity contribution in [1.82, 2.24) is 9.80 Å². The highest BCUT2D eigenvalue weighted by molar-refractivity contribution is 7.15. The van der Waals surface area contributed by atoms with E-state index in [1.165, 1.54) is 18.3 Å². The van der Waals surface area contributed by atoms with Crippen molar-refractivity contribution in [2.45, 2.75) is 44.7 Å². The maximum Gasteiger partial charge on any atom is 0.263 e. The Balaban J connectivity index is 1.57. The van der Waals surface area contributed by atoms with Gasteiger partial charge in [-0.1, -0.05) is 0 Å². The fourth-order valence-electron chi connectivity index (χ4n) is 4.97. The number of ketones is 1. The first kappa shape index (κ1) is 17.7. The van der Waals surface area contributed by atoms with E-state index in [4.69, 9.17) is 0 Å².